The van der Waals surface area contributed by atoms with Gasteiger partial charge in [-0.1, -0.05) is 6.07 Å². The highest BCUT2D eigenvalue weighted by Crippen LogP contribution is 2.27. The van der Waals surface area contributed by atoms with Crippen molar-refractivity contribution in [3.8, 4) is 11.5 Å². The first-order valence-electron chi connectivity index (χ1n) is 8.60. The van der Waals surface area contributed by atoms with Gasteiger partial charge in [0.05, 0.1) is 20.8 Å². The summed E-state index contributed by atoms with van der Waals surface area (Å²) in [6.07, 6.45) is 0.138. The molecule has 0 bridgehead atoms. The zero-order chi connectivity index (χ0) is 19.6. The molecule has 2 rings (SSSR count). The molecule has 0 atom stereocenters. The minimum Gasteiger partial charge on any atom is -0.493 e. The average molecular weight is 372 g/mol. The zero-order valence-corrected chi connectivity index (χ0v) is 15.7. The van der Waals surface area contributed by atoms with Crippen molar-refractivity contribution >= 4 is 17.7 Å². The minimum absolute atomic E-state index is 0.182. The number of ether oxygens (including phenoxy) is 3. The monoisotopic (exact) mass is 372 g/mol. The number of methoxy groups -OCH3 is 2. The van der Waals surface area contributed by atoms with E-state index in [1.807, 2.05) is 18.2 Å². The first-order valence-corrected chi connectivity index (χ1v) is 8.60. The third-order valence-electron chi connectivity index (χ3n) is 3.82. The Morgan fingerprint density at radius 1 is 0.963 bits per heavy atom. The summed E-state index contributed by atoms with van der Waals surface area (Å²) >= 11 is 0. The van der Waals surface area contributed by atoms with Crippen molar-refractivity contribution in [1.82, 2.24) is 5.32 Å². The molecule has 0 aliphatic heterocycles. The number of anilines is 1. The van der Waals surface area contributed by atoms with Gasteiger partial charge in [-0.2, -0.15) is 0 Å². The van der Waals surface area contributed by atoms with Crippen molar-refractivity contribution in [2.24, 2.45) is 0 Å². The Labute approximate surface area is 158 Å². The molecule has 0 radical (unpaired) electrons. The van der Waals surface area contributed by atoms with E-state index in [0.29, 0.717) is 42.3 Å². The quantitative estimate of drug-likeness (QED) is 0.743. The lowest BCUT2D eigenvalue weighted by molar-refractivity contribution is 0.0954. The number of benzene rings is 2. The SMILES string of the molecule is CCOC(=O)Nc1ccc(C(=O)NCCc2ccc(OC)c(OC)c2)cc1. The maximum atomic E-state index is 12.2. The predicted molar refractivity (Wildman–Crippen MR) is 103 cm³/mol. The highest BCUT2D eigenvalue weighted by molar-refractivity contribution is 5.95. The van der Waals surface area contributed by atoms with Gasteiger partial charge in [0.1, 0.15) is 0 Å². The molecule has 2 N–H and O–H groups in total. The van der Waals surface area contributed by atoms with Crippen LogP contribution in [0.15, 0.2) is 42.5 Å². The minimum atomic E-state index is -0.523. The lowest BCUT2D eigenvalue weighted by Crippen LogP contribution is -2.25. The van der Waals surface area contributed by atoms with E-state index in [9.17, 15) is 9.59 Å². The normalized spacial score (nSPS) is 10.0. The molecule has 2 aromatic carbocycles. The molecule has 0 fully saturated rings. The van der Waals surface area contributed by atoms with Crippen LogP contribution in [0.5, 0.6) is 11.5 Å². The molecule has 0 aliphatic rings. The molecule has 0 aliphatic carbocycles. The topological polar surface area (TPSA) is 85.9 Å². The first-order chi connectivity index (χ1) is 13.1. The van der Waals surface area contributed by atoms with Crippen molar-refractivity contribution in [3.63, 3.8) is 0 Å². The number of rotatable bonds is 8. The first kappa shape index (κ1) is 20.1. The van der Waals surface area contributed by atoms with Gasteiger partial charge in [0.2, 0.25) is 0 Å². The van der Waals surface area contributed by atoms with Gasteiger partial charge in [-0.3, -0.25) is 10.1 Å². The van der Waals surface area contributed by atoms with E-state index >= 15 is 0 Å². The summed E-state index contributed by atoms with van der Waals surface area (Å²) in [6, 6.07) is 12.3. The molecule has 2 aromatic rings. The molecule has 0 spiro atoms. The number of hydrogen-bond donors (Lipinski definition) is 2. The van der Waals surface area contributed by atoms with Gasteiger partial charge in [-0.25, -0.2) is 4.79 Å². The van der Waals surface area contributed by atoms with E-state index in [0.717, 1.165) is 5.56 Å². The molecular formula is C20H24N2O5. The van der Waals surface area contributed by atoms with Gasteiger partial charge in [0.25, 0.3) is 5.91 Å². The van der Waals surface area contributed by atoms with Crippen molar-refractivity contribution in [2.45, 2.75) is 13.3 Å². The van der Waals surface area contributed by atoms with Gasteiger partial charge < -0.3 is 19.5 Å². The van der Waals surface area contributed by atoms with Crippen LogP contribution in [-0.2, 0) is 11.2 Å². The van der Waals surface area contributed by atoms with Crippen LogP contribution in [0.3, 0.4) is 0 Å². The Hall–Kier alpha value is -3.22. The predicted octanol–water partition coefficient (Wildman–Crippen LogP) is 3.24. The molecule has 7 nitrogen and oxygen atoms in total. The average Bonchev–Trinajstić information content (AvgIpc) is 2.68. The van der Waals surface area contributed by atoms with Crippen LogP contribution in [0, 0.1) is 0 Å². The van der Waals surface area contributed by atoms with Crippen molar-refractivity contribution < 1.29 is 23.8 Å². The number of carbonyl (C=O) groups is 2. The van der Waals surface area contributed by atoms with Crippen LogP contribution < -0.4 is 20.1 Å². The van der Waals surface area contributed by atoms with E-state index in [1.54, 1.807) is 45.4 Å². The van der Waals surface area contributed by atoms with Gasteiger partial charge in [-0.15, -0.1) is 0 Å². The molecule has 2 amide bonds. The van der Waals surface area contributed by atoms with Crippen molar-refractivity contribution in [1.29, 1.82) is 0 Å². The highest BCUT2D eigenvalue weighted by Gasteiger charge is 2.08. The van der Waals surface area contributed by atoms with Crippen LogP contribution in [0.4, 0.5) is 10.5 Å². The second kappa shape index (κ2) is 10.1. The Kier molecular flexibility index (Phi) is 7.49. The fourth-order valence-electron chi connectivity index (χ4n) is 2.45. The molecule has 0 saturated carbocycles. The van der Waals surface area contributed by atoms with E-state index in [1.165, 1.54) is 0 Å². The Balaban J connectivity index is 1.86. The standard InChI is InChI=1S/C20H24N2O5/c1-4-27-20(24)22-16-8-6-15(7-9-16)19(23)21-12-11-14-5-10-17(25-2)18(13-14)26-3/h5-10,13H,4,11-12H2,1-3H3,(H,21,23)(H,22,24). The smallest absolute Gasteiger partial charge is 0.411 e. The lowest BCUT2D eigenvalue weighted by atomic mass is 10.1. The number of amides is 2. The van der Waals surface area contributed by atoms with E-state index in [-0.39, 0.29) is 5.91 Å². The van der Waals surface area contributed by atoms with Crippen LogP contribution in [0.1, 0.15) is 22.8 Å². The third kappa shape index (κ3) is 5.91. The zero-order valence-electron chi connectivity index (χ0n) is 15.7. The van der Waals surface area contributed by atoms with Crippen molar-refractivity contribution in [3.05, 3.63) is 53.6 Å². The Bertz CT molecular complexity index is 774. The van der Waals surface area contributed by atoms with Gasteiger partial charge in [-0.05, 0) is 55.3 Å². The summed E-state index contributed by atoms with van der Waals surface area (Å²) in [7, 11) is 3.18. The maximum Gasteiger partial charge on any atom is 0.411 e. The number of hydrogen-bond acceptors (Lipinski definition) is 5. The Morgan fingerprint density at radius 2 is 1.67 bits per heavy atom. The van der Waals surface area contributed by atoms with Crippen LogP contribution >= 0.6 is 0 Å². The van der Waals surface area contributed by atoms with Crippen LogP contribution in [0.25, 0.3) is 0 Å². The molecule has 0 saturated heterocycles. The van der Waals surface area contributed by atoms with Crippen LogP contribution in [-0.4, -0.2) is 39.4 Å². The number of carbonyl (C=O) groups excluding carboxylic acids is 2. The fourth-order valence-corrected chi connectivity index (χ4v) is 2.45. The molecular weight excluding hydrogens is 348 g/mol. The third-order valence-corrected chi connectivity index (χ3v) is 3.82. The van der Waals surface area contributed by atoms with E-state index in [4.69, 9.17) is 14.2 Å². The molecule has 0 aromatic heterocycles. The summed E-state index contributed by atoms with van der Waals surface area (Å²) in [6.45, 7) is 2.51. The fraction of sp³-hybridized carbons (Fsp3) is 0.300. The largest absolute Gasteiger partial charge is 0.493 e. The molecule has 7 heteroatoms. The summed E-state index contributed by atoms with van der Waals surface area (Å²) in [4.78, 5) is 23.6. The summed E-state index contributed by atoms with van der Waals surface area (Å²) in [5, 5.41) is 5.45. The molecule has 144 valence electrons. The second-order valence-corrected chi connectivity index (χ2v) is 5.62. The molecule has 27 heavy (non-hydrogen) atoms. The highest BCUT2D eigenvalue weighted by atomic mass is 16.5. The van der Waals surface area contributed by atoms with Gasteiger partial charge in [0.15, 0.2) is 11.5 Å². The van der Waals surface area contributed by atoms with E-state index in [2.05, 4.69) is 10.6 Å². The summed E-state index contributed by atoms with van der Waals surface area (Å²) in [5.41, 5.74) is 2.11. The molecule has 0 heterocycles. The van der Waals surface area contributed by atoms with Gasteiger partial charge >= 0.3 is 6.09 Å². The van der Waals surface area contributed by atoms with E-state index < -0.39 is 6.09 Å². The summed E-state index contributed by atoms with van der Waals surface area (Å²) in [5.74, 6) is 1.14. The van der Waals surface area contributed by atoms with Crippen LogP contribution in [0.2, 0.25) is 0 Å². The number of nitrogens with one attached hydrogen (secondary N) is 2. The Morgan fingerprint density at radius 3 is 2.30 bits per heavy atom. The van der Waals surface area contributed by atoms with Gasteiger partial charge in [0, 0.05) is 17.8 Å². The maximum absolute atomic E-state index is 12.2. The van der Waals surface area contributed by atoms with Crippen molar-refractivity contribution in [2.75, 3.05) is 32.7 Å². The molecule has 0 unspecified atom stereocenters. The summed E-state index contributed by atoms with van der Waals surface area (Å²) < 4.78 is 15.3. The lowest BCUT2D eigenvalue weighted by Gasteiger charge is -2.10. The second-order valence-electron chi connectivity index (χ2n) is 5.62.